The van der Waals surface area contributed by atoms with Crippen LogP contribution >= 0.6 is 0 Å². The van der Waals surface area contributed by atoms with Crippen molar-refractivity contribution < 1.29 is 18.6 Å². The summed E-state index contributed by atoms with van der Waals surface area (Å²) in [5, 5.41) is 18.9. The fourth-order valence-electron chi connectivity index (χ4n) is 1.55. The molecule has 1 aromatic rings. The number of anilines is 1. The monoisotopic (exact) mass is 256 g/mol. The first kappa shape index (κ1) is 11.6. The zero-order valence-corrected chi connectivity index (χ0v) is 10.1. The van der Waals surface area contributed by atoms with Crippen molar-refractivity contribution in [3.05, 3.63) is 35.3 Å². The molecule has 3 N–H and O–H groups in total. The maximum Gasteiger partial charge on any atom is 0.330 e. The third-order valence-electron chi connectivity index (χ3n) is 2.56. The van der Waals surface area contributed by atoms with E-state index in [1.165, 1.54) is 6.07 Å². The Hall–Kier alpha value is -1.89. The predicted octanol–water partition coefficient (Wildman–Crippen LogP) is 1.02. The van der Waals surface area contributed by atoms with Crippen LogP contribution in [0.2, 0.25) is 0 Å². The molecule has 0 aromatic heterocycles. The van der Waals surface area contributed by atoms with E-state index in [1.54, 1.807) is 13.0 Å². The maximum absolute atomic E-state index is 11.6. The van der Waals surface area contributed by atoms with Gasteiger partial charge in [-0.25, -0.2) is 9.03 Å². The molecule has 2 rings (SSSR count). The molecule has 0 fully saturated rings. The van der Waals surface area contributed by atoms with E-state index in [9.17, 15) is 13.5 Å². The van der Waals surface area contributed by atoms with Crippen LogP contribution in [0, 0.1) is 13.8 Å². The second-order valence-corrected chi connectivity index (χ2v) is 5.39. The molecule has 1 aliphatic rings. The van der Waals surface area contributed by atoms with Gasteiger partial charge in [0, 0.05) is 0 Å². The summed E-state index contributed by atoms with van der Waals surface area (Å²) in [6.07, 6.45) is 0.999. The molecule has 0 saturated carbocycles. The highest BCUT2D eigenvalue weighted by molar-refractivity contribution is 7.91. The van der Waals surface area contributed by atoms with Crippen molar-refractivity contribution in [3.63, 3.8) is 0 Å². The fourth-order valence-corrected chi connectivity index (χ4v) is 2.61. The van der Waals surface area contributed by atoms with Gasteiger partial charge < -0.3 is 10.2 Å². The summed E-state index contributed by atoms with van der Waals surface area (Å²) in [5.74, 6) is -0.646. The first-order valence-corrected chi connectivity index (χ1v) is 6.28. The molecule has 0 saturated heterocycles. The Labute approximate surface area is 99.0 Å². The minimum atomic E-state index is -3.86. The van der Waals surface area contributed by atoms with Crippen LogP contribution in [0.5, 0.6) is 5.75 Å². The number of hydrogen-bond acceptors (Lipinski definition) is 4. The van der Waals surface area contributed by atoms with Crippen molar-refractivity contribution in [3.8, 4) is 5.75 Å². The summed E-state index contributed by atoms with van der Waals surface area (Å²) in [5.41, 5.74) is 1.79. The average molecular weight is 256 g/mol. The minimum absolute atomic E-state index is 0.102. The molecular weight excluding hydrogens is 244 g/mol. The number of benzene rings is 1. The highest BCUT2D eigenvalue weighted by Crippen LogP contribution is 2.33. The largest absolute Gasteiger partial charge is 0.506 e. The van der Waals surface area contributed by atoms with Gasteiger partial charge in [0.2, 0.25) is 5.88 Å². The molecule has 1 heterocycles. The van der Waals surface area contributed by atoms with Crippen molar-refractivity contribution in [1.29, 1.82) is 0 Å². The van der Waals surface area contributed by atoms with E-state index in [0.717, 1.165) is 21.6 Å². The molecule has 0 bridgehead atoms. The molecule has 0 amide bonds. The zero-order chi connectivity index (χ0) is 12.8. The van der Waals surface area contributed by atoms with Gasteiger partial charge in [-0.1, -0.05) is 0 Å². The molecule has 92 valence electrons. The molecular formula is C10H12N2O4S. The summed E-state index contributed by atoms with van der Waals surface area (Å²) in [6.45, 7) is 3.61. The Bertz CT molecular complexity index is 607. The summed E-state index contributed by atoms with van der Waals surface area (Å²) < 4.78 is 25.9. The number of aliphatic hydroxyl groups excluding tert-OH is 1. The predicted molar refractivity (Wildman–Crippen MR) is 62.8 cm³/mol. The quantitative estimate of drug-likeness (QED) is 0.699. The molecule has 1 aromatic carbocycles. The van der Waals surface area contributed by atoms with Gasteiger partial charge in [-0.15, -0.1) is 0 Å². The summed E-state index contributed by atoms with van der Waals surface area (Å²) in [6, 6.07) is 3.02. The van der Waals surface area contributed by atoms with Crippen LogP contribution in [-0.2, 0) is 10.2 Å². The summed E-state index contributed by atoms with van der Waals surface area (Å²) in [4.78, 5) is 0. The Kier molecular flexibility index (Phi) is 2.43. The van der Waals surface area contributed by atoms with E-state index < -0.39 is 16.1 Å². The molecule has 17 heavy (non-hydrogen) atoms. The standard InChI is InChI=1S/C10H12N2O4S/c1-6-3-8(9(13)4-7(6)2)12-5-10(14)11-17(12,15)16/h3-5,11,13-14H,1-2H3. The van der Waals surface area contributed by atoms with Crippen molar-refractivity contribution >= 4 is 15.9 Å². The third kappa shape index (κ3) is 1.89. The van der Waals surface area contributed by atoms with Gasteiger partial charge in [0.15, 0.2) is 0 Å². The Morgan fingerprint density at radius 3 is 2.29 bits per heavy atom. The van der Waals surface area contributed by atoms with Crippen LogP contribution in [-0.4, -0.2) is 18.6 Å². The lowest BCUT2D eigenvalue weighted by Crippen LogP contribution is -2.29. The average Bonchev–Trinajstić information content (AvgIpc) is 2.45. The van der Waals surface area contributed by atoms with Gasteiger partial charge in [-0.3, -0.25) is 0 Å². The SMILES string of the molecule is Cc1cc(O)c(N2C=C(O)NS2(=O)=O)cc1C. The Morgan fingerprint density at radius 2 is 1.76 bits per heavy atom. The number of phenols is 1. The van der Waals surface area contributed by atoms with E-state index in [2.05, 4.69) is 0 Å². The number of nitrogens with zero attached hydrogens (tertiary/aromatic N) is 1. The van der Waals surface area contributed by atoms with Gasteiger partial charge in [0.05, 0.1) is 6.20 Å². The van der Waals surface area contributed by atoms with Crippen molar-refractivity contribution in [2.75, 3.05) is 4.31 Å². The number of aromatic hydroxyl groups is 1. The van der Waals surface area contributed by atoms with Gasteiger partial charge in [0.25, 0.3) is 0 Å². The first-order chi connectivity index (χ1) is 7.81. The highest BCUT2D eigenvalue weighted by atomic mass is 32.2. The van der Waals surface area contributed by atoms with Crippen molar-refractivity contribution in [2.24, 2.45) is 0 Å². The zero-order valence-electron chi connectivity index (χ0n) is 9.30. The van der Waals surface area contributed by atoms with E-state index in [0.29, 0.717) is 0 Å². The Balaban J connectivity index is 2.59. The van der Waals surface area contributed by atoms with Crippen molar-refractivity contribution in [2.45, 2.75) is 13.8 Å². The number of nitrogens with one attached hydrogen (secondary N) is 1. The lowest BCUT2D eigenvalue weighted by molar-refractivity contribution is 0.392. The molecule has 1 aliphatic heterocycles. The number of rotatable bonds is 1. The van der Waals surface area contributed by atoms with Gasteiger partial charge in [0.1, 0.15) is 11.4 Å². The lowest BCUT2D eigenvalue weighted by Gasteiger charge is -2.16. The van der Waals surface area contributed by atoms with Crippen LogP contribution in [0.3, 0.4) is 0 Å². The molecule has 0 atom stereocenters. The summed E-state index contributed by atoms with van der Waals surface area (Å²) in [7, 11) is -3.86. The van der Waals surface area contributed by atoms with Gasteiger partial charge in [-0.05, 0) is 37.1 Å². The van der Waals surface area contributed by atoms with Crippen LogP contribution in [0.4, 0.5) is 5.69 Å². The molecule has 0 unspecified atom stereocenters. The highest BCUT2D eigenvalue weighted by Gasteiger charge is 2.30. The molecule has 6 nitrogen and oxygen atoms in total. The molecule has 0 aliphatic carbocycles. The van der Waals surface area contributed by atoms with E-state index in [-0.39, 0.29) is 11.4 Å². The smallest absolute Gasteiger partial charge is 0.330 e. The lowest BCUT2D eigenvalue weighted by atomic mass is 10.1. The normalized spacial score (nSPS) is 17.8. The second-order valence-electron chi connectivity index (χ2n) is 3.84. The maximum atomic E-state index is 11.6. The summed E-state index contributed by atoms with van der Waals surface area (Å²) >= 11 is 0. The topological polar surface area (TPSA) is 89.9 Å². The van der Waals surface area contributed by atoms with Gasteiger partial charge >= 0.3 is 10.2 Å². The van der Waals surface area contributed by atoms with E-state index in [4.69, 9.17) is 5.11 Å². The van der Waals surface area contributed by atoms with Crippen LogP contribution in [0.25, 0.3) is 0 Å². The van der Waals surface area contributed by atoms with Crippen LogP contribution < -0.4 is 9.03 Å². The van der Waals surface area contributed by atoms with E-state index in [1.807, 2.05) is 11.6 Å². The first-order valence-electron chi connectivity index (χ1n) is 4.84. The minimum Gasteiger partial charge on any atom is -0.506 e. The molecule has 7 heteroatoms. The molecule has 0 radical (unpaired) electrons. The number of hydrogen-bond donors (Lipinski definition) is 3. The van der Waals surface area contributed by atoms with Crippen molar-refractivity contribution in [1.82, 2.24) is 4.72 Å². The van der Waals surface area contributed by atoms with Gasteiger partial charge in [-0.2, -0.15) is 8.42 Å². The van der Waals surface area contributed by atoms with E-state index >= 15 is 0 Å². The second kappa shape index (κ2) is 3.56. The fraction of sp³-hybridized carbons (Fsp3) is 0.200. The molecule has 0 spiro atoms. The third-order valence-corrected chi connectivity index (χ3v) is 3.85. The number of phenolic OH excluding ortho intramolecular Hbond substituents is 1. The van der Waals surface area contributed by atoms with Crippen LogP contribution in [0.1, 0.15) is 11.1 Å². The number of aliphatic hydroxyl groups is 1. The number of aryl methyl sites for hydroxylation is 2. The Morgan fingerprint density at radius 1 is 1.18 bits per heavy atom. The van der Waals surface area contributed by atoms with Crippen LogP contribution in [0.15, 0.2) is 24.2 Å².